The van der Waals surface area contributed by atoms with E-state index in [2.05, 4.69) is 15.0 Å². The summed E-state index contributed by atoms with van der Waals surface area (Å²) in [4.78, 5) is 24.7. The van der Waals surface area contributed by atoms with E-state index in [0.717, 1.165) is 12.1 Å². The summed E-state index contributed by atoms with van der Waals surface area (Å²) in [5.41, 5.74) is 2.36. The topological polar surface area (TPSA) is 63.6 Å². The molecule has 3 aromatic heterocycles. The van der Waals surface area contributed by atoms with Gasteiger partial charge >= 0.3 is 0 Å². The molecule has 0 radical (unpaired) electrons. The second-order valence-electron chi connectivity index (χ2n) is 8.83. The lowest BCUT2D eigenvalue weighted by Gasteiger charge is -2.18. The Morgan fingerprint density at radius 3 is 2.74 bits per heavy atom. The summed E-state index contributed by atoms with van der Waals surface area (Å²) in [6.07, 6.45) is -0.287. The molecule has 0 saturated heterocycles. The van der Waals surface area contributed by atoms with Crippen LogP contribution in [0.3, 0.4) is 0 Å². The van der Waals surface area contributed by atoms with Crippen molar-refractivity contribution in [3.8, 4) is 22.4 Å². The fraction of sp³-hybridized carbons (Fsp3) is 0.240. The van der Waals surface area contributed by atoms with Crippen LogP contribution in [-0.2, 0) is 0 Å². The zero-order valence-corrected chi connectivity index (χ0v) is 18.7. The second kappa shape index (κ2) is 7.56. The maximum Gasteiger partial charge on any atom is 0.264 e. The molecule has 1 fully saturated rings. The summed E-state index contributed by atoms with van der Waals surface area (Å²) in [7, 11) is 0. The predicted molar refractivity (Wildman–Crippen MR) is 122 cm³/mol. The first-order valence-electron chi connectivity index (χ1n) is 10.8. The molecular formula is C25H18ClF3N4O. The van der Waals surface area contributed by atoms with E-state index in [1.54, 1.807) is 35.9 Å². The van der Waals surface area contributed by atoms with Crippen LogP contribution in [0.1, 0.15) is 47.6 Å². The van der Waals surface area contributed by atoms with Crippen molar-refractivity contribution in [2.45, 2.75) is 31.7 Å². The van der Waals surface area contributed by atoms with E-state index < -0.39 is 12.4 Å². The van der Waals surface area contributed by atoms with Gasteiger partial charge in [0, 0.05) is 34.0 Å². The standard InChI is InChI=1S/C25H18ClF3N4O/c1-11-2-4-15(24(29)31-11)19-10-30-25(32-19)22-18-9-17(18)20-6-12(7-21(34)33(20)22)16-8-13(26)3-5-14(16)23(27)28/h2-8,10,17-18,22-23H,9H2,1H3,(H,30,32). The van der Waals surface area contributed by atoms with Gasteiger partial charge in [0.2, 0.25) is 5.95 Å². The van der Waals surface area contributed by atoms with E-state index in [1.807, 2.05) is 0 Å². The molecule has 1 aliphatic carbocycles. The SMILES string of the molecule is Cc1ccc(-c2cnc(C3C4CC4c4cc(-c5cc(Cl)ccc5C(F)F)cc(=O)n43)[nH]2)c(F)n1. The molecular weight excluding hydrogens is 465 g/mol. The van der Waals surface area contributed by atoms with Gasteiger partial charge in [-0.1, -0.05) is 17.7 Å². The van der Waals surface area contributed by atoms with Gasteiger partial charge in [-0.25, -0.2) is 18.7 Å². The molecule has 0 amide bonds. The number of benzene rings is 1. The van der Waals surface area contributed by atoms with Gasteiger partial charge in [-0.05, 0) is 60.7 Å². The predicted octanol–water partition coefficient (Wildman–Crippen LogP) is 6.05. The average molecular weight is 483 g/mol. The zero-order chi connectivity index (χ0) is 23.7. The third-order valence-electron chi connectivity index (χ3n) is 6.72. The zero-order valence-electron chi connectivity index (χ0n) is 17.9. The molecule has 172 valence electrons. The average Bonchev–Trinajstić information content (AvgIpc) is 3.29. The van der Waals surface area contributed by atoms with Crippen molar-refractivity contribution in [2.24, 2.45) is 5.92 Å². The third-order valence-corrected chi connectivity index (χ3v) is 6.95. The Bertz CT molecular complexity index is 1510. The molecule has 5 nitrogen and oxygen atoms in total. The normalized spacial score (nSPS) is 20.5. The van der Waals surface area contributed by atoms with Gasteiger partial charge in [0.25, 0.3) is 12.0 Å². The van der Waals surface area contributed by atoms with Crippen molar-refractivity contribution < 1.29 is 13.2 Å². The van der Waals surface area contributed by atoms with Crippen molar-refractivity contribution >= 4 is 11.6 Å². The van der Waals surface area contributed by atoms with Crippen molar-refractivity contribution in [2.75, 3.05) is 0 Å². The lowest BCUT2D eigenvalue weighted by molar-refractivity contribution is 0.152. The van der Waals surface area contributed by atoms with Crippen LogP contribution in [0.2, 0.25) is 5.02 Å². The number of hydrogen-bond donors (Lipinski definition) is 1. The van der Waals surface area contributed by atoms with E-state index in [0.29, 0.717) is 33.4 Å². The number of aromatic amines is 1. The number of fused-ring (bicyclic) bond motifs is 3. The summed E-state index contributed by atoms with van der Waals surface area (Å²) in [6, 6.07) is 10.4. The molecule has 1 aliphatic heterocycles. The lowest BCUT2D eigenvalue weighted by Crippen LogP contribution is -2.26. The Balaban J connectivity index is 1.42. The minimum atomic E-state index is -2.69. The Labute approximate surface area is 197 Å². The largest absolute Gasteiger partial charge is 0.340 e. The number of pyridine rings is 2. The summed E-state index contributed by atoms with van der Waals surface area (Å²) in [5, 5.41) is 0.322. The van der Waals surface area contributed by atoms with Crippen molar-refractivity contribution in [1.82, 2.24) is 19.5 Å². The summed E-state index contributed by atoms with van der Waals surface area (Å²) < 4.78 is 43.2. The van der Waals surface area contributed by atoms with Crippen LogP contribution in [0.4, 0.5) is 13.2 Å². The van der Waals surface area contributed by atoms with Crippen molar-refractivity contribution in [1.29, 1.82) is 0 Å². The highest BCUT2D eigenvalue weighted by atomic mass is 35.5. The minimum Gasteiger partial charge on any atom is -0.340 e. The van der Waals surface area contributed by atoms with Crippen molar-refractivity contribution in [3.05, 3.63) is 92.8 Å². The maximum absolute atomic E-state index is 14.4. The van der Waals surface area contributed by atoms with E-state index in [9.17, 15) is 18.0 Å². The third kappa shape index (κ3) is 3.27. The number of aromatic nitrogens is 4. The number of aryl methyl sites for hydroxylation is 1. The maximum atomic E-state index is 14.4. The Kier molecular flexibility index (Phi) is 4.71. The summed E-state index contributed by atoms with van der Waals surface area (Å²) in [6.45, 7) is 1.71. The molecule has 34 heavy (non-hydrogen) atoms. The Morgan fingerprint density at radius 2 is 1.97 bits per heavy atom. The van der Waals surface area contributed by atoms with E-state index in [-0.39, 0.29) is 34.6 Å². The molecule has 0 bridgehead atoms. The highest BCUT2D eigenvalue weighted by molar-refractivity contribution is 6.30. The van der Waals surface area contributed by atoms with Gasteiger partial charge < -0.3 is 9.55 Å². The van der Waals surface area contributed by atoms with Crippen LogP contribution in [0, 0.1) is 18.8 Å². The Hall–Kier alpha value is -3.39. The van der Waals surface area contributed by atoms with E-state index >= 15 is 0 Å². The van der Waals surface area contributed by atoms with Crippen LogP contribution >= 0.6 is 11.6 Å². The summed E-state index contributed by atoms with van der Waals surface area (Å²) in [5.74, 6) is 0.270. The van der Waals surface area contributed by atoms with Gasteiger partial charge in [-0.2, -0.15) is 4.39 Å². The van der Waals surface area contributed by atoms with Gasteiger partial charge in [0.1, 0.15) is 5.82 Å². The molecule has 6 rings (SSSR count). The number of alkyl halides is 2. The number of nitrogens with zero attached hydrogens (tertiary/aromatic N) is 3. The first-order valence-corrected chi connectivity index (χ1v) is 11.2. The number of imidazole rings is 1. The smallest absolute Gasteiger partial charge is 0.264 e. The molecule has 4 aromatic rings. The molecule has 3 atom stereocenters. The van der Waals surface area contributed by atoms with Gasteiger partial charge in [0.05, 0.1) is 23.5 Å². The molecule has 9 heteroatoms. The Morgan fingerprint density at radius 1 is 1.15 bits per heavy atom. The number of hydrogen-bond acceptors (Lipinski definition) is 3. The van der Waals surface area contributed by atoms with Gasteiger partial charge in [-0.3, -0.25) is 4.79 Å². The molecule has 0 spiro atoms. The van der Waals surface area contributed by atoms with Crippen LogP contribution in [0.15, 0.2) is 53.5 Å². The number of rotatable bonds is 4. The van der Waals surface area contributed by atoms with Crippen LogP contribution in [-0.4, -0.2) is 19.5 Å². The first-order chi connectivity index (χ1) is 16.3. The monoisotopic (exact) mass is 482 g/mol. The van der Waals surface area contributed by atoms with Crippen LogP contribution in [0.25, 0.3) is 22.4 Å². The highest BCUT2D eigenvalue weighted by Crippen LogP contribution is 2.60. The van der Waals surface area contributed by atoms with E-state index in [1.165, 1.54) is 24.3 Å². The number of H-pyrrole nitrogens is 1. The van der Waals surface area contributed by atoms with Crippen molar-refractivity contribution in [3.63, 3.8) is 0 Å². The van der Waals surface area contributed by atoms with Gasteiger partial charge in [-0.15, -0.1) is 0 Å². The second-order valence-corrected chi connectivity index (χ2v) is 9.27. The van der Waals surface area contributed by atoms with Gasteiger partial charge in [0.15, 0.2) is 0 Å². The summed E-state index contributed by atoms with van der Waals surface area (Å²) >= 11 is 6.07. The number of nitrogens with one attached hydrogen (secondary N) is 1. The fourth-order valence-electron chi connectivity index (χ4n) is 5.08. The molecule has 4 heterocycles. The lowest BCUT2D eigenvalue weighted by atomic mass is 9.99. The molecule has 1 N–H and O–H groups in total. The quantitative estimate of drug-likeness (QED) is 0.360. The minimum absolute atomic E-state index is 0.137. The van der Waals surface area contributed by atoms with Crippen LogP contribution < -0.4 is 5.56 Å². The van der Waals surface area contributed by atoms with Crippen LogP contribution in [0.5, 0.6) is 0 Å². The number of halogens is 4. The molecule has 1 aromatic carbocycles. The molecule has 2 aliphatic rings. The molecule has 3 unspecified atom stereocenters. The first kappa shape index (κ1) is 21.2. The fourth-order valence-corrected chi connectivity index (χ4v) is 5.25. The highest BCUT2D eigenvalue weighted by Gasteiger charge is 2.54. The molecule has 1 saturated carbocycles. The van der Waals surface area contributed by atoms with E-state index in [4.69, 9.17) is 11.6 Å².